The molecule has 3 N–H and O–H groups in total. The summed E-state index contributed by atoms with van der Waals surface area (Å²) < 4.78 is 5.90. The number of urea groups is 1. The lowest BCUT2D eigenvalue weighted by atomic mass is 9.52. The van der Waals surface area contributed by atoms with Crippen molar-refractivity contribution in [3.05, 3.63) is 23.9 Å². The summed E-state index contributed by atoms with van der Waals surface area (Å²) in [4.78, 5) is 42.4. The molecule has 4 fully saturated rings. The lowest BCUT2D eigenvalue weighted by Crippen LogP contribution is -2.60. The molecule has 3 aliphatic carbocycles. The molecule has 1 aliphatic heterocycles. The first-order valence-electron chi connectivity index (χ1n) is 11.0. The van der Waals surface area contributed by atoms with Crippen LogP contribution in [0, 0.1) is 11.3 Å². The van der Waals surface area contributed by atoms with Gasteiger partial charge in [0, 0.05) is 12.2 Å². The summed E-state index contributed by atoms with van der Waals surface area (Å²) in [6.07, 6.45) is 10.5. The molecule has 3 saturated carbocycles. The molecule has 1 atom stereocenters. The van der Waals surface area contributed by atoms with E-state index in [1.54, 1.807) is 18.3 Å². The average molecular weight is 412 g/mol. The molecule has 8 heteroatoms. The number of hydrogen-bond donors (Lipinski definition) is 2. The Morgan fingerprint density at radius 3 is 2.67 bits per heavy atom. The van der Waals surface area contributed by atoms with Gasteiger partial charge in [-0.2, -0.15) is 0 Å². The van der Waals surface area contributed by atoms with Gasteiger partial charge >= 0.3 is 6.03 Å². The van der Waals surface area contributed by atoms with Crippen LogP contribution in [0.1, 0.15) is 68.1 Å². The second-order valence-corrected chi connectivity index (χ2v) is 9.53. The van der Waals surface area contributed by atoms with Crippen LogP contribution in [-0.4, -0.2) is 45.9 Å². The van der Waals surface area contributed by atoms with Crippen molar-refractivity contribution in [2.75, 3.05) is 0 Å². The highest BCUT2D eigenvalue weighted by Gasteiger charge is 2.58. The van der Waals surface area contributed by atoms with Crippen molar-refractivity contribution in [3.63, 3.8) is 0 Å². The normalized spacial score (nSPS) is 33.3. The third kappa shape index (κ3) is 3.32. The fourth-order valence-corrected chi connectivity index (χ4v) is 5.91. The van der Waals surface area contributed by atoms with Crippen LogP contribution < -0.4 is 15.8 Å². The molecule has 1 spiro atoms. The smallest absolute Gasteiger partial charge is 0.325 e. The van der Waals surface area contributed by atoms with Gasteiger partial charge in [0.1, 0.15) is 17.7 Å². The summed E-state index contributed by atoms with van der Waals surface area (Å²) in [5.74, 6) is 0.248. The van der Waals surface area contributed by atoms with Crippen LogP contribution in [-0.2, 0) is 4.79 Å². The van der Waals surface area contributed by atoms with Crippen molar-refractivity contribution in [1.29, 1.82) is 0 Å². The van der Waals surface area contributed by atoms with E-state index in [-0.39, 0.29) is 47.0 Å². The summed E-state index contributed by atoms with van der Waals surface area (Å²) in [5.41, 5.74) is 5.80. The van der Waals surface area contributed by atoms with Gasteiger partial charge in [0.25, 0.3) is 11.8 Å². The predicted molar refractivity (Wildman–Crippen MR) is 108 cm³/mol. The quantitative estimate of drug-likeness (QED) is 0.696. The van der Waals surface area contributed by atoms with Crippen LogP contribution in [0.15, 0.2) is 18.3 Å². The Hall–Kier alpha value is -2.64. The molecule has 4 aliphatic rings. The Labute approximate surface area is 175 Å². The maximum absolute atomic E-state index is 12.8. The third-order valence-corrected chi connectivity index (χ3v) is 7.43. The Morgan fingerprint density at radius 2 is 1.97 bits per heavy atom. The molecule has 2 heterocycles. The van der Waals surface area contributed by atoms with Gasteiger partial charge in [-0.15, -0.1) is 0 Å². The topological polar surface area (TPSA) is 115 Å². The summed E-state index contributed by atoms with van der Waals surface area (Å²) in [7, 11) is 0. The first-order valence-corrected chi connectivity index (χ1v) is 11.0. The van der Waals surface area contributed by atoms with Gasteiger partial charge in [0.2, 0.25) is 5.88 Å². The fourth-order valence-electron chi connectivity index (χ4n) is 5.91. The lowest BCUT2D eigenvalue weighted by Gasteiger charge is -2.58. The lowest BCUT2D eigenvalue weighted by molar-refractivity contribution is -0.141. The summed E-state index contributed by atoms with van der Waals surface area (Å²) in [5, 5.41) is 2.91. The van der Waals surface area contributed by atoms with Crippen molar-refractivity contribution in [3.8, 4) is 5.88 Å². The van der Waals surface area contributed by atoms with Gasteiger partial charge in [-0.05, 0) is 55.6 Å². The summed E-state index contributed by atoms with van der Waals surface area (Å²) in [6.45, 7) is 0. The third-order valence-electron chi connectivity index (χ3n) is 7.43. The maximum atomic E-state index is 12.8. The molecular formula is C22H28N4O4. The molecule has 1 unspecified atom stereocenters. The van der Waals surface area contributed by atoms with Crippen molar-refractivity contribution in [2.24, 2.45) is 17.1 Å². The maximum Gasteiger partial charge on any atom is 0.325 e. The Balaban J connectivity index is 1.13. The van der Waals surface area contributed by atoms with Gasteiger partial charge in [-0.25, -0.2) is 9.78 Å². The molecule has 1 aromatic heterocycles. The first-order chi connectivity index (χ1) is 14.4. The van der Waals surface area contributed by atoms with E-state index in [4.69, 9.17) is 10.5 Å². The van der Waals surface area contributed by atoms with Crippen molar-refractivity contribution in [2.45, 2.75) is 76.0 Å². The highest BCUT2D eigenvalue weighted by Crippen LogP contribution is 2.58. The standard InChI is InChI=1S/C22H28N4O4/c23-18(27)16-6-3-7-24-19(16)30-15-11-22(12-15)9-14(10-22)26-20(28)17(25-21(26)29)8-13-4-1-2-5-13/h3,6-7,13-15,17H,1-2,4-5,8-12H2,(H2,23,27)(H,25,29)/t14-,15-,17?,22?. The van der Waals surface area contributed by atoms with Crippen LogP contribution >= 0.6 is 0 Å². The number of imide groups is 1. The molecule has 8 nitrogen and oxygen atoms in total. The molecule has 160 valence electrons. The van der Waals surface area contributed by atoms with Crippen LogP contribution in [0.3, 0.4) is 0 Å². The Kier molecular flexibility index (Phi) is 4.67. The molecule has 0 bridgehead atoms. The number of carbonyl (C=O) groups is 3. The van der Waals surface area contributed by atoms with Crippen LogP contribution in [0.4, 0.5) is 4.79 Å². The number of nitrogens with zero attached hydrogens (tertiary/aromatic N) is 2. The number of ether oxygens (including phenoxy) is 1. The van der Waals surface area contributed by atoms with E-state index >= 15 is 0 Å². The van der Waals surface area contributed by atoms with Crippen molar-refractivity contribution in [1.82, 2.24) is 15.2 Å². The minimum Gasteiger partial charge on any atom is -0.474 e. The summed E-state index contributed by atoms with van der Waals surface area (Å²) >= 11 is 0. The molecule has 0 aromatic carbocycles. The van der Waals surface area contributed by atoms with E-state index in [1.165, 1.54) is 30.6 Å². The highest BCUT2D eigenvalue weighted by atomic mass is 16.5. The number of rotatable bonds is 6. The van der Waals surface area contributed by atoms with Crippen molar-refractivity contribution >= 4 is 17.8 Å². The minimum absolute atomic E-state index is 0.0111. The van der Waals surface area contributed by atoms with Gasteiger partial charge in [-0.3, -0.25) is 14.5 Å². The van der Waals surface area contributed by atoms with E-state index in [1.807, 2.05) is 0 Å². The van der Waals surface area contributed by atoms with Gasteiger partial charge in [0.05, 0.1) is 0 Å². The van der Waals surface area contributed by atoms with Crippen molar-refractivity contribution < 1.29 is 19.1 Å². The van der Waals surface area contributed by atoms with E-state index in [2.05, 4.69) is 10.3 Å². The fraction of sp³-hybridized carbons (Fsp3) is 0.636. The molecule has 4 amide bonds. The van der Waals surface area contributed by atoms with E-state index in [0.717, 1.165) is 32.1 Å². The monoisotopic (exact) mass is 412 g/mol. The average Bonchev–Trinajstić information content (AvgIpc) is 3.25. The van der Waals surface area contributed by atoms with E-state index in [0.29, 0.717) is 5.92 Å². The minimum atomic E-state index is -0.554. The number of pyridine rings is 1. The number of nitrogens with one attached hydrogen (secondary N) is 1. The van der Waals surface area contributed by atoms with Gasteiger partial charge in [0.15, 0.2) is 0 Å². The SMILES string of the molecule is NC(=O)c1cccnc1O[C@H]1CC2(C1)C[C@H](N1C(=O)NC(CC3CCCC3)C1=O)C2. The zero-order valence-corrected chi connectivity index (χ0v) is 17.0. The predicted octanol–water partition coefficient (Wildman–Crippen LogP) is 2.37. The largest absolute Gasteiger partial charge is 0.474 e. The van der Waals surface area contributed by atoms with Gasteiger partial charge < -0.3 is 15.8 Å². The summed E-state index contributed by atoms with van der Waals surface area (Å²) in [6, 6.07) is 2.69. The highest BCUT2D eigenvalue weighted by molar-refractivity contribution is 6.04. The van der Waals surface area contributed by atoms with Crippen LogP contribution in [0.25, 0.3) is 0 Å². The first kappa shape index (κ1) is 19.3. The van der Waals surface area contributed by atoms with Crippen LogP contribution in [0.5, 0.6) is 5.88 Å². The zero-order valence-electron chi connectivity index (χ0n) is 17.0. The number of primary amides is 1. The van der Waals surface area contributed by atoms with Crippen LogP contribution in [0.2, 0.25) is 0 Å². The molecule has 5 rings (SSSR count). The van der Waals surface area contributed by atoms with E-state index in [9.17, 15) is 14.4 Å². The molecule has 0 radical (unpaired) electrons. The second-order valence-electron chi connectivity index (χ2n) is 9.53. The number of hydrogen-bond acceptors (Lipinski definition) is 5. The molecular weight excluding hydrogens is 384 g/mol. The van der Waals surface area contributed by atoms with E-state index < -0.39 is 5.91 Å². The van der Waals surface area contributed by atoms with Gasteiger partial charge in [-0.1, -0.05) is 25.7 Å². The number of aromatic nitrogens is 1. The Morgan fingerprint density at radius 1 is 1.23 bits per heavy atom. The molecule has 1 saturated heterocycles. The number of nitrogens with two attached hydrogens (primary N) is 1. The number of amides is 4. The number of carbonyl (C=O) groups excluding carboxylic acids is 3. The second kappa shape index (κ2) is 7.25. The Bertz CT molecular complexity index is 868. The molecule has 30 heavy (non-hydrogen) atoms. The molecule has 1 aromatic rings. The zero-order chi connectivity index (χ0) is 20.9.